The Labute approximate surface area is 215 Å². The van der Waals surface area contributed by atoms with E-state index in [1.807, 2.05) is 18.2 Å². The number of fused-ring (bicyclic) bond motifs is 1. The highest BCUT2D eigenvalue weighted by atomic mass is 32.2. The van der Waals surface area contributed by atoms with E-state index in [1.54, 1.807) is 54.5 Å². The summed E-state index contributed by atoms with van der Waals surface area (Å²) < 4.78 is 38.9. The summed E-state index contributed by atoms with van der Waals surface area (Å²) in [4.78, 5) is 16.4. The molecule has 3 N–H and O–H groups in total. The van der Waals surface area contributed by atoms with E-state index in [-0.39, 0.29) is 16.8 Å². The molecule has 0 aliphatic carbocycles. The number of ether oxygens (including phenoxy) is 2. The molecule has 5 rings (SSSR count). The average Bonchev–Trinajstić information content (AvgIpc) is 3.27. The second kappa shape index (κ2) is 10.0. The number of rotatable bonds is 7. The zero-order valence-corrected chi connectivity index (χ0v) is 21.3. The molecule has 1 unspecified atom stereocenters. The quantitative estimate of drug-likeness (QED) is 0.359. The first-order chi connectivity index (χ1) is 17.7. The van der Waals surface area contributed by atoms with Gasteiger partial charge in [-0.05, 0) is 59.3 Å². The Bertz CT molecular complexity index is 1440. The highest BCUT2D eigenvalue weighted by Crippen LogP contribution is 2.27. The number of cyclic esters (lactones) is 1. The number of piperazine rings is 1. The van der Waals surface area contributed by atoms with Crippen molar-refractivity contribution in [2.24, 2.45) is 5.73 Å². The summed E-state index contributed by atoms with van der Waals surface area (Å²) in [6.07, 6.45) is -0.740. The minimum absolute atomic E-state index is 0.0316. The van der Waals surface area contributed by atoms with Gasteiger partial charge in [0.05, 0.1) is 18.6 Å². The Morgan fingerprint density at radius 2 is 1.70 bits per heavy atom. The Morgan fingerprint density at radius 3 is 2.38 bits per heavy atom. The Hall–Kier alpha value is -3.67. The first kappa shape index (κ1) is 25.0. The van der Waals surface area contributed by atoms with Gasteiger partial charge in [-0.2, -0.15) is 4.31 Å². The monoisotopic (exact) mass is 523 g/mol. The van der Waals surface area contributed by atoms with E-state index in [1.165, 1.54) is 4.31 Å². The molecule has 2 fully saturated rings. The van der Waals surface area contributed by atoms with E-state index in [2.05, 4.69) is 4.90 Å². The van der Waals surface area contributed by atoms with Gasteiger partial charge in [-0.15, -0.1) is 0 Å². The lowest BCUT2D eigenvalue weighted by molar-refractivity contribution is 0.0937. The molecule has 2 saturated heterocycles. The Balaban J connectivity index is 1.18. The van der Waals surface area contributed by atoms with Crippen molar-refractivity contribution in [2.45, 2.75) is 11.0 Å². The van der Waals surface area contributed by atoms with Crippen molar-refractivity contribution in [1.29, 1.82) is 5.41 Å². The fraction of sp³-hybridized carbons (Fsp3) is 0.308. The number of carbonyl (C=O) groups is 1. The molecular formula is C26H29N5O5S. The van der Waals surface area contributed by atoms with Crippen LogP contribution in [0.5, 0.6) is 5.75 Å². The van der Waals surface area contributed by atoms with E-state index in [0.29, 0.717) is 50.5 Å². The predicted octanol–water partition coefficient (Wildman–Crippen LogP) is 2.46. The molecule has 2 aliphatic heterocycles. The van der Waals surface area contributed by atoms with Crippen LogP contribution < -0.4 is 15.4 Å². The maximum Gasteiger partial charge on any atom is 0.414 e. The molecule has 0 bridgehead atoms. The summed E-state index contributed by atoms with van der Waals surface area (Å²) >= 11 is 0. The fourth-order valence-corrected chi connectivity index (χ4v) is 6.19. The second-order valence-electron chi connectivity index (χ2n) is 9.16. The van der Waals surface area contributed by atoms with Crippen LogP contribution in [0.3, 0.4) is 0 Å². The molecule has 1 atom stereocenters. The molecule has 0 saturated carbocycles. The normalized spacial score (nSPS) is 19.2. The van der Waals surface area contributed by atoms with E-state index >= 15 is 0 Å². The van der Waals surface area contributed by atoms with Crippen molar-refractivity contribution in [3.05, 3.63) is 66.2 Å². The van der Waals surface area contributed by atoms with Crippen LogP contribution in [0.15, 0.2) is 65.6 Å². The van der Waals surface area contributed by atoms with Crippen molar-refractivity contribution >= 4 is 38.4 Å². The lowest BCUT2D eigenvalue weighted by Gasteiger charge is -2.34. The summed E-state index contributed by atoms with van der Waals surface area (Å²) in [5.74, 6) is 0.692. The molecule has 0 aromatic heterocycles. The number of methoxy groups -OCH3 is 1. The van der Waals surface area contributed by atoms with Crippen LogP contribution in [0.1, 0.15) is 5.56 Å². The fourth-order valence-electron chi connectivity index (χ4n) is 4.73. The zero-order chi connectivity index (χ0) is 26.2. The highest BCUT2D eigenvalue weighted by molar-refractivity contribution is 7.89. The van der Waals surface area contributed by atoms with Crippen molar-refractivity contribution in [1.82, 2.24) is 9.21 Å². The Kier molecular flexibility index (Phi) is 6.76. The van der Waals surface area contributed by atoms with Crippen LogP contribution in [0.25, 0.3) is 10.8 Å². The van der Waals surface area contributed by atoms with Gasteiger partial charge in [-0.25, -0.2) is 13.2 Å². The molecule has 1 amide bonds. The summed E-state index contributed by atoms with van der Waals surface area (Å²) in [5.41, 5.74) is 6.77. The molecule has 11 heteroatoms. The van der Waals surface area contributed by atoms with E-state index in [0.717, 1.165) is 16.5 Å². The standard InChI is InChI=1S/C26H29N5O5S/c1-35-22-8-4-20-15-24(9-5-19(20)14-22)37(33,34)30-12-10-29(11-13-30)16-23-17-31(26(32)36-23)21-6-2-18(3-7-21)25(27)28/h2-9,14-15,23H,10-13,16-17H2,1H3,(H3,27,28). The van der Waals surface area contributed by atoms with Crippen molar-refractivity contribution in [2.75, 3.05) is 51.3 Å². The van der Waals surface area contributed by atoms with Gasteiger partial charge in [0.25, 0.3) is 0 Å². The molecule has 10 nitrogen and oxygen atoms in total. The molecule has 37 heavy (non-hydrogen) atoms. The number of carbonyl (C=O) groups excluding carboxylic acids is 1. The maximum atomic E-state index is 13.3. The lowest BCUT2D eigenvalue weighted by Crippen LogP contribution is -2.50. The number of nitrogens with two attached hydrogens (primary N) is 1. The zero-order valence-electron chi connectivity index (χ0n) is 20.5. The number of hydrogen-bond acceptors (Lipinski definition) is 7. The van der Waals surface area contributed by atoms with E-state index < -0.39 is 16.1 Å². The van der Waals surface area contributed by atoms with Crippen molar-refractivity contribution in [3.63, 3.8) is 0 Å². The van der Waals surface area contributed by atoms with Crippen molar-refractivity contribution in [3.8, 4) is 5.75 Å². The van der Waals surface area contributed by atoms with Gasteiger partial charge in [0.1, 0.15) is 17.7 Å². The number of nitrogen functional groups attached to an aromatic ring is 1. The van der Waals surface area contributed by atoms with Crippen LogP contribution in [0.2, 0.25) is 0 Å². The number of benzene rings is 3. The third kappa shape index (κ3) is 5.10. The number of nitrogens with one attached hydrogen (secondary N) is 1. The van der Waals surface area contributed by atoms with Crippen LogP contribution in [-0.2, 0) is 14.8 Å². The number of anilines is 1. The lowest BCUT2D eigenvalue weighted by atomic mass is 10.1. The summed E-state index contributed by atoms with van der Waals surface area (Å²) in [6.45, 7) is 2.74. The largest absolute Gasteiger partial charge is 0.497 e. The molecule has 3 aromatic carbocycles. The van der Waals surface area contributed by atoms with Crippen LogP contribution in [-0.4, -0.2) is 82.0 Å². The number of amides is 1. The van der Waals surface area contributed by atoms with Crippen LogP contribution in [0, 0.1) is 5.41 Å². The molecule has 2 aliphatic rings. The number of hydrogen-bond donors (Lipinski definition) is 2. The topological polar surface area (TPSA) is 129 Å². The van der Waals surface area contributed by atoms with E-state index in [4.69, 9.17) is 20.6 Å². The van der Waals surface area contributed by atoms with Gasteiger partial charge >= 0.3 is 6.09 Å². The van der Waals surface area contributed by atoms with Crippen molar-refractivity contribution < 1.29 is 22.7 Å². The van der Waals surface area contributed by atoms with Crippen LogP contribution >= 0.6 is 0 Å². The molecule has 0 spiro atoms. The molecule has 3 aromatic rings. The smallest absolute Gasteiger partial charge is 0.414 e. The summed E-state index contributed by atoms with van der Waals surface area (Å²) in [6, 6.07) is 17.6. The first-order valence-corrected chi connectivity index (χ1v) is 13.4. The number of nitrogens with zero attached hydrogens (tertiary/aromatic N) is 3. The molecule has 194 valence electrons. The minimum atomic E-state index is -3.63. The molecule has 0 radical (unpaired) electrons. The van der Waals surface area contributed by atoms with E-state index in [9.17, 15) is 13.2 Å². The highest BCUT2D eigenvalue weighted by Gasteiger charge is 2.35. The number of amidine groups is 1. The van der Waals surface area contributed by atoms with Gasteiger partial charge in [0.15, 0.2) is 0 Å². The number of sulfonamides is 1. The third-order valence-corrected chi connectivity index (χ3v) is 8.71. The second-order valence-corrected chi connectivity index (χ2v) is 11.1. The first-order valence-electron chi connectivity index (χ1n) is 12.0. The van der Waals surface area contributed by atoms with Crippen LogP contribution in [0.4, 0.5) is 10.5 Å². The van der Waals surface area contributed by atoms with Gasteiger partial charge < -0.3 is 15.2 Å². The summed E-state index contributed by atoms with van der Waals surface area (Å²) in [5, 5.41) is 9.25. The maximum absolute atomic E-state index is 13.3. The molecule has 2 heterocycles. The van der Waals surface area contributed by atoms with Gasteiger partial charge in [0.2, 0.25) is 10.0 Å². The Morgan fingerprint density at radius 1 is 1.03 bits per heavy atom. The van der Waals surface area contributed by atoms with Gasteiger partial charge in [-0.1, -0.05) is 12.1 Å². The SMILES string of the molecule is COc1ccc2cc(S(=O)(=O)N3CCN(CC4CN(c5ccc(C(=N)N)cc5)C(=O)O4)CC3)ccc2c1. The predicted molar refractivity (Wildman–Crippen MR) is 141 cm³/mol. The average molecular weight is 524 g/mol. The summed E-state index contributed by atoms with van der Waals surface area (Å²) in [7, 11) is -2.03. The minimum Gasteiger partial charge on any atom is -0.497 e. The third-order valence-electron chi connectivity index (χ3n) is 6.81. The van der Waals surface area contributed by atoms with Gasteiger partial charge in [-0.3, -0.25) is 15.2 Å². The molecular weight excluding hydrogens is 494 g/mol. The van der Waals surface area contributed by atoms with Gasteiger partial charge in [0, 0.05) is 44.0 Å².